The number of nitrogens with two attached hydrogens (primary N) is 1. The first-order valence-corrected chi connectivity index (χ1v) is 6.72. The van der Waals surface area contributed by atoms with E-state index in [2.05, 4.69) is 16.9 Å². The largest absolute Gasteiger partial charge is 0.375 e. The maximum absolute atomic E-state index is 5.70. The molecule has 0 bridgehead atoms. The van der Waals surface area contributed by atoms with Crippen LogP contribution in [0.3, 0.4) is 0 Å². The molecule has 4 heteroatoms. The summed E-state index contributed by atoms with van der Waals surface area (Å²) < 4.78 is 5.70. The lowest BCUT2D eigenvalue weighted by molar-refractivity contribution is 0.0992. The van der Waals surface area contributed by atoms with Crippen LogP contribution in [-0.2, 0) is 17.9 Å². The number of hydrogen-bond donors (Lipinski definition) is 1. The third kappa shape index (κ3) is 3.77. The van der Waals surface area contributed by atoms with Gasteiger partial charge in [-0.2, -0.15) is 0 Å². The number of pyridine rings is 1. The van der Waals surface area contributed by atoms with Crippen LogP contribution in [-0.4, -0.2) is 36.1 Å². The van der Waals surface area contributed by atoms with E-state index in [1.165, 1.54) is 19.4 Å². The number of nitrogens with zero attached hydrogens (tertiary/aromatic N) is 2. The van der Waals surface area contributed by atoms with Gasteiger partial charge in [-0.25, -0.2) is 0 Å². The minimum atomic E-state index is 0.487. The maximum Gasteiger partial charge on any atom is 0.0887 e. The Morgan fingerprint density at radius 2 is 2.28 bits per heavy atom. The van der Waals surface area contributed by atoms with E-state index in [4.69, 9.17) is 10.5 Å². The van der Waals surface area contributed by atoms with Crippen molar-refractivity contribution >= 4 is 0 Å². The summed E-state index contributed by atoms with van der Waals surface area (Å²) in [4.78, 5) is 6.84. The van der Waals surface area contributed by atoms with Crippen LogP contribution >= 0.6 is 0 Å². The molecule has 0 radical (unpaired) electrons. The summed E-state index contributed by atoms with van der Waals surface area (Å²) in [5.41, 5.74) is 7.46. The predicted molar refractivity (Wildman–Crippen MR) is 72.1 cm³/mol. The summed E-state index contributed by atoms with van der Waals surface area (Å²) in [6.45, 7) is 3.11. The molecular formula is C14H23N3O. The van der Waals surface area contributed by atoms with Crippen molar-refractivity contribution in [3.05, 3.63) is 29.6 Å². The van der Waals surface area contributed by atoms with E-state index in [1.54, 1.807) is 0 Å². The van der Waals surface area contributed by atoms with Crippen molar-refractivity contribution in [1.82, 2.24) is 9.88 Å². The van der Waals surface area contributed by atoms with Crippen LogP contribution in [0.1, 0.15) is 30.7 Å². The standard InChI is InChI=1S/C14H23N3O/c1-17-8-3-6-14(17)7-9-18-11-13-5-2-4-12(10-15)16-13/h2,4-5,14H,3,6-11,15H2,1H3. The third-order valence-electron chi connectivity index (χ3n) is 3.59. The topological polar surface area (TPSA) is 51.4 Å². The summed E-state index contributed by atoms with van der Waals surface area (Å²) in [7, 11) is 2.20. The van der Waals surface area contributed by atoms with Crippen molar-refractivity contribution in [3.8, 4) is 0 Å². The van der Waals surface area contributed by atoms with Gasteiger partial charge in [-0.05, 0) is 45.0 Å². The number of ether oxygens (including phenoxy) is 1. The van der Waals surface area contributed by atoms with Crippen molar-refractivity contribution in [2.75, 3.05) is 20.2 Å². The molecular weight excluding hydrogens is 226 g/mol. The fourth-order valence-electron chi connectivity index (χ4n) is 2.46. The Hall–Kier alpha value is -0.970. The molecule has 4 nitrogen and oxygen atoms in total. The van der Waals surface area contributed by atoms with Crippen LogP contribution in [0.25, 0.3) is 0 Å². The van der Waals surface area contributed by atoms with E-state index in [-0.39, 0.29) is 0 Å². The van der Waals surface area contributed by atoms with Crippen molar-refractivity contribution < 1.29 is 4.74 Å². The minimum Gasteiger partial charge on any atom is -0.375 e. The molecule has 1 aromatic heterocycles. The molecule has 1 unspecified atom stereocenters. The first-order chi connectivity index (χ1) is 8.79. The normalized spacial score (nSPS) is 20.4. The van der Waals surface area contributed by atoms with Crippen molar-refractivity contribution in [1.29, 1.82) is 0 Å². The van der Waals surface area contributed by atoms with Gasteiger partial charge in [0, 0.05) is 19.2 Å². The van der Waals surface area contributed by atoms with Crippen molar-refractivity contribution in [2.24, 2.45) is 5.73 Å². The quantitative estimate of drug-likeness (QED) is 0.777. The van der Waals surface area contributed by atoms with E-state index in [0.717, 1.165) is 24.4 Å². The molecule has 0 aromatic carbocycles. The van der Waals surface area contributed by atoms with Crippen LogP contribution in [0.15, 0.2) is 18.2 Å². The zero-order valence-electron chi connectivity index (χ0n) is 11.1. The highest BCUT2D eigenvalue weighted by Gasteiger charge is 2.19. The van der Waals surface area contributed by atoms with Gasteiger partial charge >= 0.3 is 0 Å². The van der Waals surface area contributed by atoms with Crippen molar-refractivity contribution in [2.45, 2.75) is 38.5 Å². The Kier molecular flexibility index (Phi) is 5.11. The minimum absolute atomic E-state index is 0.487. The van der Waals surface area contributed by atoms with Crippen LogP contribution in [0, 0.1) is 0 Å². The summed E-state index contributed by atoms with van der Waals surface area (Å²) in [5.74, 6) is 0. The molecule has 0 amide bonds. The molecule has 1 fully saturated rings. The SMILES string of the molecule is CN1CCCC1CCOCc1cccc(CN)n1. The van der Waals surface area contributed by atoms with Crippen LogP contribution < -0.4 is 5.73 Å². The first-order valence-electron chi connectivity index (χ1n) is 6.72. The molecule has 0 spiro atoms. The lowest BCUT2D eigenvalue weighted by Crippen LogP contribution is -2.26. The fraction of sp³-hybridized carbons (Fsp3) is 0.643. The number of rotatable bonds is 6. The van der Waals surface area contributed by atoms with E-state index < -0.39 is 0 Å². The monoisotopic (exact) mass is 249 g/mol. The van der Waals surface area contributed by atoms with Gasteiger partial charge in [-0.3, -0.25) is 4.98 Å². The molecule has 1 aromatic rings. The Morgan fingerprint density at radius 3 is 3.00 bits per heavy atom. The van der Waals surface area contributed by atoms with Gasteiger partial charge in [0.25, 0.3) is 0 Å². The van der Waals surface area contributed by atoms with Crippen LogP contribution in [0.2, 0.25) is 0 Å². The van der Waals surface area contributed by atoms with Crippen molar-refractivity contribution in [3.63, 3.8) is 0 Å². The number of likely N-dealkylation sites (tertiary alicyclic amines) is 1. The molecule has 0 aliphatic carbocycles. The van der Waals surface area contributed by atoms with E-state index >= 15 is 0 Å². The van der Waals surface area contributed by atoms with Crippen LogP contribution in [0.5, 0.6) is 0 Å². The molecule has 0 saturated carbocycles. The summed E-state index contributed by atoms with van der Waals surface area (Å²) in [5, 5.41) is 0. The van der Waals surface area contributed by atoms with Gasteiger partial charge in [-0.1, -0.05) is 6.07 Å². The second-order valence-electron chi connectivity index (χ2n) is 4.94. The lowest BCUT2D eigenvalue weighted by Gasteiger charge is -2.18. The highest BCUT2D eigenvalue weighted by atomic mass is 16.5. The lowest BCUT2D eigenvalue weighted by atomic mass is 10.1. The van der Waals surface area contributed by atoms with Gasteiger partial charge in [0.15, 0.2) is 0 Å². The Bertz CT molecular complexity index is 370. The Morgan fingerprint density at radius 1 is 1.44 bits per heavy atom. The van der Waals surface area contributed by atoms with Crippen LogP contribution in [0.4, 0.5) is 0 Å². The zero-order valence-corrected chi connectivity index (χ0v) is 11.1. The summed E-state index contributed by atoms with van der Waals surface area (Å²) >= 11 is 0. The molecule has 2 rings (SSSR count). The summed E-state index contributed by atoms with van der Waals surface area (Å²) in [6.07, 6.45) is 3.75. The molecule has 18 heavy (non-hydrogen) atoms. The molecule has 1 aliphatic rings. The first kappa shape index (κ1) is 13.5. The number of aromatic nitrogens is 1. The fourth-order valence-corrected chi connectivity index (χ4v) is 2.46. The summed E-state index contributed by atoms with van der Waals surface area (Å²) in [6, 6.07) is 6.62. The Balaban J connectivity index is 1.68. The Labute approximate surface area is 109 Å². The predicted octanol–water partition coefficient (Wildman–Crippen LogP) is 1.54. The molecule has 100 valence electrons. The van der Waals surface area contributed by atoms with Gasteiger partial charge < -0.3 is 15.4 Å². The molecule has 2 heterocycles. The third-order valence-corrected chi connectivity index (χ3v) is 3.59. The molecule has 1 aliphatic heterocycles. The second kappa shape index (κ2) is 6.83. The highest BCUT2D eigenvalue weighted by molar-refractivity contribution is 5.10. The van der Waals surface area contributed by atoms with Gasteiger partial charge in [-0.15, -0.1) is 0 Å². The number of hydrogen-bond acceptors (Lipinski definition) is 4. The van der Waals surface area contributed by atoms with E-state index in [9.17, 15) is 0 Å². The van der Waals surface area contributed by atoms with Gasteiger partial charge in [0.1, 0.15) is 0 Å². The average Bonchev–Trinajstić information content (AvgIpc) is 2.81. The molecule has 2 N–H and O–H groups in total. The second-order valence-corrected chi connectivity index (χ2v) is 4.94. The molecule has 1 atom stereocenters. The van der Waals surface area contributed by atoms with E-state index in [0.29, 0.717) is 19.2 Å². The van der Waals surface area contributed by atoms with Gasteiger partial charge in [0.2, 0.25) is 0 Å². The average molecular weight is 249 g/mol. The van der Waals surface area contributed by atoms with Gasteiger partial charge in [0.05, 0.1) is 18.0 Å². The highest BCUT2D eigenvalue weighted by Crippen LogP contribution is 2.17. The smallest absolute Gasteiger partial charge is 0.0887 e. The zero-order chi connectivity index (χ0) is 12.8. The van der Waals surface area contributed by atoms with E-state index in [1.807, 2.05) is 18.2 Å². The maximum atomic E-state index is 5.70. The molecule has 1 saturated heterocycles.